The number of nitrogens with zero attached hydrogens (tertiary/aromatic N) is 1. The van der Waals surface area contributed by atoms with E-state index in [1.165, 1.54) is 6.92 Å². The molecule has 5 atom stereocenters. The van der Waals surface area contributed by atoms with E-state index in [4.69, 9.17) is 9.84 Å². The Morgan fingerprint density at radius 2 is 2.18 bits per heavy atom. The summed E-state index contributed by atoms with van der Waals surface area (Å²) < 4.78 is 5.20. The summed E-state index contributed by atoms with van der Waals surface area (Å²) >= 11 is 4.43. The van der Waals surface area contributed by atoms with Crippen LogP contribution < -0.4 is 5.32 Å². The minimum absolute atomic E-state index is 0.406. The number of isothiocyanates is 1. The highest BCUT2D eigenvalue weighted by Gasteiger charge is 2.44. The normalized spacial score (nSPS) is 37.1. The van der Waals surface area contributed by atoms with Crippen molar-refractivity contribution in [2.45, 2.75) is 37.5 Å². The van der Waals surface area contributed by atoms with Crippen molar-refractivity contribution in [3.05, 3.63) is 0 Å². The van der Waals surface area contributed by atoms with Gasteiger partial charge in [-0.1, -0.05) is 0 Å². The van der Waals surface area contributed by atoms with E-state index in [9.17, 15) is 15.0 Å². The summed E-state index contributed by atoms with van der Waals surface area (Å²) in [6, 6.07) is -0.930. The number of aliphatic hydroxyl groups excluding tert-OH is 3. The molecule has 1 saturated heterocycles. The maximum atomic E-state index is 11.0. The van der Waals surface area contributed by atoms with Gasteiger partial charge in [0.25, 0.3) is 0 Å². The number of hydrogen-bond acceptors (Lipinski definition) is 7. The first-order valence-electron chi connectivity index (χ1n) is 4.97. The molecule has 0 aliphatic carbocycles. The van der Waals surface area contributed by atoms with Crippen molar-refractivity contribution in [2.24, 2.45) is 4.99 Å². The molecule has 1 rings (SSSR count). The molecule has 0 bridgehead atoms. The summed E-state index contributed by atoms with van der Waals surface area (Å²) in [4.78, 5) is 14.6. The van der Waals surface area contributed by atoms with E-state index in [0.29, 0.717) is 0 Å². The maximum Gasteiger partial charge on any atom is 0.217 e. The molecule has 0 radical (unpaired) electrons. The molecule has 0 aromatic carbocycles. The van der Waals surface area contributed by atoms with Gasteiger partial charge in [0.15, 0.2) is 6.23 Å². The van der Waals surface area contributed by atoms with Gasteiger partial charge in [-0.05, 0) is 12.2 Å². The molecule has 1 amide bonds. The monoisotopic (exact) mass is 262 g/mol. The van der Waals surface area contributed by atoms with Gasteiger partial charge < -0.3 is 25.4 Å². The highest BCUT2D eigenvalue weighted by molar-refractivity contribution is 7.78. The molecule has 7 nitrogen and oxygen atoms in total. The number of thiocarbonyl (C=S) groups is 1. The summed E-state index contributed by atoms with van der Waals surface area (Å²) in [6.45, 7) is 0.782. The van der Waals surface area contributed by atoms with Gasteiger partial charge in [-0.2, -0.15) is 4.99 Å². The Labute approximate surface area is 103 Å². The molecular formula is C9H14N2O5S. The topological polar surface area (TPSA) is 111 Å². The van der Waals surface area contributed by atoms with E-state index < -0.39 is 43.1 Å². The molecule has 8 heteroatoms. The number of carbonyl (C=O) groups excluding carboxylic acids is 1. The summed E-state index contributed by atoms with van der Waals surface area (Å²) in [7, 11) is 0. The molecule has 1 aliphatic rings. The number of carbonyl (C=O) groups is 1. The quantitative estimate of drug-likeness (QED) is 0.347. The minimum atomic E-state index is -1.31. The predicted octanol–water partition coefficient (Wildman–Crippen LogP) is -1.97. The van der Waals surface area contributed by atoms with Crippen LogP contribution in [0, 0.1) is 0 Å². The molecule has 0 aromatic heterocycles. The third kappa shape index (κ3) is 3.29. The average Bonchev–Trinajstić information content (AvgIpc) is 2.28. The zero-order valence-electron chi connectivity index (χ0n) is 9.11. The Hall–Kier alpha value is -0.890. The fourth-order valence-corrected chi connectivity index (χ4v) is 1.75. The van der Waals surface area contributed by atoms with E-state index in [1.807, 2.05) is 0 Å². The molecular weight excluding hydrogens is 248 g/mol. The van der Waals surface area contributed by atoms with Crippen LogP contribution in [0.25, 0.3) is 0 Å². The summed E-state index contributed by atoms with van der Waals surface area (Å²) in [5, 5.41) is 32.9. The third-order valence-corrected chi connectivity index (χ3v) is 2.56. The summed E-state index contributed by atoms with van der Waals surface area (Å²) in [6.07, 6.45) is -4.57. The molecule has 4 N–H and O–H groups in total. The van der Waals surface area contributed by atoms with Gasteiger partial charge in [-0.25, -0.2) is 0 Å². The first-order chi connectivity index (χ1) is 8.01. The second kappa shape index (κ2) is 6.15. The molecule has 1 heterocycles. The molecule has 0 aromatic rings. The maximum absolute atomic E-state index is 11.0. The molecule has 1 aliphatic heterocycles. The molecule has 0 unspecified atom stereocenters. The number of aliphatic imine (C=N–C) groups is 1. The van der Waals surface area contributed by atoms with Crippen LogP contribution >= 0.6 is 12.2 Å². The van der Waals surface area contributed by atoms with Crippen LogP contribution in [0.15, 0.2) is 4.99 Å². The second-order valence-corrected chi connectivity index (χ2v) is 3.86. The minimum Gasteiger partial charge on any atom is -0.394 e. The van der Waals surface area contributed by atoms with Gasteiger partial charge in [-0.3, -0.25) is 4.79 Å². The molecule has 96 valence electrons. The first kappa shape index (κ1) is 14.2. The Morgan fingerprint density at radius 3 is 2.65 bits per heavy atom. The largest absolute Gasteiger partial charge is 0.394 e. The van der Waals surface area contributed by atoms with Crippen molar-refractivity contribution >= 4 is 23.3 Å². The standard InChI is InChI=1S/C9H14N2O5S/c1-4(13)11-6-8(15)7(14)5(2-12)16-9(6)10-3-17/h5-9,12,14-15H,2H2,1H3,(H,11,13)/t5-,6-,7+,8-,9-/m0/s1. The summed E-state index contributed by atoms with van der Waals surface area (Å²) in [5.74, 6) is -0.406. The van der Waals surface area contributed by atoms with Gasteiger partial charge in [0, 0.05) is 6.92 Å². The molecule has 17 heavy (non-hydrogen) atoms. The smallest absolute Gasteiger partial charge is 0.217 e. The van der Waals surface area contributed by atoms with Crippen LogP contribution in [0.5, 0.6) is 0 Å². The lowest BCUT2D eigenvalue weighted by Gasteiger charge is -2.40. The van der Waals surface area contributed by atoms with Crippen LogP contribution in [0.1, 0.15) is 6.92 Å². The number of ether oxygens (including phenoxy) is 1. The van der Waals surface area contributed by atoms with Gasteiger partial charge in [0.1, 0.15) is 24.4 Å². The van der Waals surface area contributed by atoms with Gasteiger partial charge >= 0.3 is 0 Å². The van der Waals surface area contributed by atoms with Crippen molar-refractivity contribution in [1.82, 2.24) is 5.32 Å². The van der Waals surface area contributed by atoms with Gasteiger partial charge in [0.05, 0.1) is 11.8 Å². The Morgan fingerprint density at radius 1 is 1.53 bits per heavy atom. The Kier molecular flexibility index (Phi) is 5.13. The average molecular weight is 262 g/mol. The van der Waals surface area contributed by atoms with Gasteiger partial charge in [0.2, 0.25) is 5.91 Å². The highest BCUT2D eigenvalue weighted by Crippen LogP contribution is 2.21. The third-order valence-electron chi connectivity index (χ3n) is 2.45. The number of hydrogen-bond donors (Lipinski definition) is 4. The SMILES string of the molecule is CC(=O)N[C@H]1[C@H](O)[C@H](O)[C@H](CO)O[C@@H]1N=C=S. The van der Waals surface area contributed by atoms with Crippen molar-refractivity contribution in [3.8, 4) is 0 Å². The number of amides is 1. The fourth-order valence-electron chi connectivity index (χ4n) is 1.65. The van der Waals surface area contributed by atoms with E-state index in [2.05, 4.69) is 27.7 Å². The predicted molar refractivity (Wildman–Crippen MR) is 60.4 cm³/mol. The highest BCUT2D eigenvalue weighted by atomic mass is 32.1. The van der Waals surface area contributed by atoms with Crippen LogP contribution in [0.3, 0.4) is 0 Å². The number of nitrogens with one attached hydrogen (secondary N) is 1. The molecule has 0 saturated carbocycles. The van der Waals surface area contributed by atoms with E-state index in [-0.39, 0.29) is 0 Å². The van der Waals surface area contributed by atoms with Crippen LogP contribution in [0.4, 0.5) is 0 Å². The Balaban J connectivity index is 2.90. The fraction of sp³-hybridized carbons (Fsp3) is 0.778. The lowest BCUT2D eigenvalue weighted by atomic mass is 9.96. The number of rotatable bonds is 3. The van der Waals surface area contributed by atoms with Crippen molar-refractivity contribution in [1.29, 1.82) is 0 Å². The zero-order chi connectivity index (χ0) is 13.0. The van der Waals surface area contributed by atoms with Crippen molar-refractivity contribution in [3.63, 3.8) is 0 Å². The molecule has 1 fully saturated rings. The van der Waals surface area contributed by atoms with E-state index in [0.717, 1.165) is 0 Å². The van der Waals surface area contributed by atoms with Crippen LogP contribution in [0.2, 0.25) is 0 Å². The summed E-state index contributed by atoms with van der Waals surface area (Å²) in [5.41, 5.74) is 0. The number of aliphatic hydroxyl groups is 3. The van der Waals surface area contributed by atoms with E-state index >= 15 is 0 Å². The van der Waals surface area contributed by atoms with Gasteiger partial charge in [-0.15, -0.1) is 0 Å². The first-order valence-corrected chi connectivity index (χ1v) is 5.38. The van der Waals surface area contributed by atoms with Crippen molar-refractivity contribution in [2.75, 3.05) is 6.61 Å². The zero-order valence-corrected chi connectivity index (χ0v) is 9.92. The molecule has 0 spiro atoms. The lowest BCUT2D eigenvalue weighted by molar-refractivity contribution is -0.192. The lowest BCUT2D eigenvalue weighted by Crippen LogP contribution is -2.63. The van der Waals surface area contributed by atoms with Crippen LogP contribution in [-0.2, 0) is 9.53 Å². The Bertz CT molecular complexity index is 333. The van der Waals surface area contributed by atoms with E-state index in [1.54, 1.807) is 0 Å². The van der Waals surface area contributed by atoms with Crippen molar-refractivity contribution < 1.29 is 24.9 Å². The second-order valence-electron chi connectivity index (χ2n) is 3.68. The van der Waals surface area contributed by atoms with Crippen LogP contribution in [-0.4, -0.2) is 63.6 Å².